The fourth-order valence-electron chi connectivity index (χ4n) is 2.99. The molecule has 1 saturated heterocycles. The molecule has 0 spiro atoms. The van der Waals surface area contributed by atoms with Crippen molar-refractivity contribution in [2.45, 2.75) is 58.0 Å². The lowest BCUT2D eigenvalue weighted by molar-refractivity contribution is -0.133. The number of nitrogens with zero attached hydrogens (tertiary/aromatic N) is 1. The topological polar surface area (TPSA) is 75.4 Å². The maximum atomic E-state index is 12.9. The van der Waals surface area contributed by atoms with E-state index in [1.807, 2.05) is 31.2 Å². The SMILES string of the molecule is CCC1(c2ccc(C(C)(C)C)cc2)NC(=O)N(C(C)CN)C1=O. The van der Waals surface area contributed by atoms with Gasteiger partial charge >= 0.3 is 6.03 Å². The third-order valence-corrected chi connectivity index (χ3v) is 4.68. The number of urea groups is 1. The van der Waals surface area contributed by atoms with E-state index in [4.69, 9.17) is 5.73 Å². The highest BCUT2D eigenvalue weighted by atomic mass is 16.2. The molecule has 2 rings (SSSR count). The van der Waals surface area contributed by atoms with Crippen LogP contribution in [0, 0.1) is 0 Å². The van der Waals surface area contributed by atoms with Crippen LogP contribution in [0.25, 0.3) is 0 Å². The molecule has 2 unspecified atom stereocenters. The van der Waals surface area contributed by atoms with Crippen LogP contribution in [0.1, 0.15) is 52.2 Å². The zero-order chi connectivity index (χ0) is 17.4. The van der Waals surface area contributed by atoms with E-state index < -0.39 is 5.54 Å². The van der Waals surface area contributed by atoms with Crippen molar-refractivity contribution in [2.24, 2.45) is 5.73 Å². The van der Waals surface area contributed by atoms with Gasteiger partial charge in [0.05, 0.1) is 6.04 Å². The Hall–Kier alpha value is -1.88. The summed E-state index contributed by atoms with van der Waals surface area (Å²) < 4.78 is 0. The van der Waals surface area contributed by atoms with Gasteiger partial charge in [-0.2, -0.15) is 0 Å². The highest BCUT2D eigenvalue weighted by Gasteiger charge is 2.52. The minimum absolute atomic E-state index is 0.0426. The number of amides is 3. The van der Waals surface area contributed by atoms with E-state index in [2.05, 4.69) is 26.1 Å². The van der Waals surface area contributed by atoms with E-state index in [1.54, 1.807) is 6.92 Å². The highest BCUT2D eigenvalue weighted by molar-refractivity contribution is 6.07. The van der Waals surface area contributed by atoms with Crippen molar-refractivity contribution < 1.29 is 9.59 Å². The Morgan fingerprint density at radius 3 is 2.22 bits per heavy atom. The Labute approximate surface area is 138 Å². The molecule has 2 atom stereocenters. The van der Waals surface area contributed by atoms with Gasteiger partial charge in [-0.25, -0.2) is 4.79 Å². The molecule has 0 bridgehead atoms. The zero-order valence-electron chi connectivity index (χ0n) is 14.6. The Morgan fingerprint density at radius 1 is 1.22 bits per heavy atom. The number of carbonyl (C=O) groups excluding carboxylic acids is 2. The Kier molecular flexibility index (Phi) is 4.53. The van der Waals surface area contributed by atoms with Crippen molar-refractivity contribution in [1.29, 1.82) is 0 Å². The number of nitrogens with two attached hydrogens (primary N) is 1. The first-order valence-electron chi connectivity index (χ1n) is 8.14. The molecule has 1 aliphatic heterocycles. The predicted octanol–water partition coefficient (Wildman–Crippen LogP) is 2.49. The summed E-state index contributed by atoms with van der Waals surface area (Å²) in [7, 11) is 0. The maximum absolute atomic E-state index is 12.9. The first-order valence-corrected chi connectivity index (χ1v) is 8.14. The lowest BCUT2D eigenvalue weighted by Gasteiger charge is -2.28. The standard InChI is InChI=1S/C18H27N3O2/c1-6-18(14-9-7-13(8-10-14)17(3,4)5)15(22)21(12(2)11-19)16(23)20-18/h7-10,12H,6,11,19H2,1-5H3,(H,20,23). The molecule has 1 aromatic rings. The van der Waals surface area contributed by atoms with Crippen molar-refractivity contribution in [3.8, 4) is 0 Å². The summed E-state index contributed by atoms with van der Waals surface area (Å²) in [6.45, 7) is 10.4. The monoisotopic (exact) mass is 317 g/mol. The summed E-state index contributed by atoms with van der Waals surface area (Å²) in [6.07, 6.45) is 0.500. The molecule has 3 N–H and O–H groups in total. The van der Waals surface area contributed by atoms with Gasteiger partial charge in [-0.05, 0) is 29.9 Å². The third kappa shape index (κ3) is 2.85. The molecule has 1 fully saturated rings. The van der Waals surface area contributed by atoms with Crippen LogP contribution in [-0.4, -0.2) is 29.4 Å². The number of hydrogen-bond acceptors (Lipinski definition) is 3. The van der Waals surface area contributed by atoms with Gasteiger partial charge in [0.25, 0.3) is 5.91 Å². The second-order valence-corrected chi connectivity index (χ2v) is 7.28. The van der Waals surface area contributed by atoms with Crippen LogP contribution in [0.2, 0.25) is 0 Å². The molecule has 126 valence electrons. The fourth-order valence-corrected chi connectivity index (χ4v) is 2.99. The first-order chi connectivity index (χ1) is 10.7. The lowest BCUT2D eigenvalue weighted by atomic mass is 9.82. The van der Waals surface area contributed by atoms with Gasteiger partial charge in [-0.15, -0.1) is 0 Å². The zero-order valence-corrected chi connectivity index (χ0v) is 14.6. The molecule has 1 aliphatic rings. The van der Waals surface area contributed by atoms with Gasteiger partial charge < -0.3 is 11.1 Å². The van der Waals surface area contributed by atoms with Crippen molar-refractivity contribution >= 4 is 11.9 Å². The molecule has 0 radical (unpaired) electrons. The van der Waals surface area contributed by atoms with Crippen LogP contribution in [0.15, 0.2) is 24.3 Å². The average molecular weight is 317 g/mol. The summed E-state index contributed by atoms with van der Waals surface area (Å²) in [5.74, 6) is -0.216. The van der Waals surface area contributed by atoms with Gasteiger partial charge in [0, 0.05) is 6.54 Å². The molecule has 1 heterocycles. The molecule has 5 heteroatoms. The minimum Gasteiger partial charge on any atom is -0.328 e. The molecule has 0 saturated carbocycles. The van der Waals surface area contributed by atoms with Crippen LogP contribution in [0.5, 0.6) is 0 Å². The van der Waals surface area contributed by atoms with Crippen molar-refractivity contribution in [3.05, 3.63) is 35.4 Å². The first kappa shape index (κ1) is 17.5. The minimum atomic E-state index is -0.989. The van der Waals surface area contributed by atoms with E-state index in [1.165, 1.54) is 10.5 Å². The fraction of sp³-hybridized carbons (Fsp3) is 0.556. The van der Waals surface area contributed by atoms with Crippen LogP contribution in [0.3, 0.4) is 0 Å². The lowest BCUT2D eigenvalue weighted by Crippen LogP contribution is -2.46. The number of nitrogens with one attached hydrogen (secondary N) is 1. The van der Waals surface area contributed by atoms with Crippen molar-refractivity contribution in [2.75, 3.05) is 6.54 Å². The van der Waals surface area contributed by atoms with E-state index in [-0.39, 0.29) is 29.9 Å². The normalized spacial score (nSPS) is 23.1. The van der Waals surface area contributed by atoms with Gasteiger partial charge in [-0.3, -0.25) is 9.69 Å². The van der Waals surface area contributed by atoms with E-state index >= 15 is 0 Å². The molecular weight excluding hydrogens is 290 g/mol. The summed E-state index contributed by atoms with van der Waals surface area (Å²) in [5.41, 5.74) is 6.70. The Morgan fingerprint density at radius 2 is 1.78 bits per heavy atom. The second-order valence-electron chi connectivity index (χ2n) is 7.28. The molecular formula is C18H27N3O2. The molecule has 0 aromatic heterocycles. The van der Waals surface area contributed by atoms with Crippen LogP contribution in [-0.2, 0) is 15.7 Å². The molecule has 23 heavy (non-hydrogen) atoms. The number of rotatable bonds is 4. The summed E-state index contributed by atoms with van der Waals surface area (Å²) in [6, 6.07) is 7.26. The largest absolute Gasteiger partial charge is 0.328 e. The van der Waals surface area contributed by atoms with E-state index in [0.29, 0.717) is 6.42 Å². The van der Waals surface area contributed by atoms with Gasteiger partial charge in [0.15, 0.2) is 0 Å². The summed E-state index contributed by atoms with van der Waals surface area (Å²) in [5, 5.41) is 2.89. The van der Waals surface area contributed by atoms with Crippen LogP contribution >= 0.6 is 0 Å². The maximum Gasteiger partial charge on any atom is 0.325 e. The number of hydrogen-bond donors (Lipinski definition) is 2. The quantitative estimate of drug-likeness (QED) is 0.838. The van der Waals surface area contributed by atoms with Crippen molar-refractivity contribution in [3.63, 3.8) is 0 Å². The Bertz CT molecular complexity index is 604. The molecule has 0 aliphatic carbocycles. The summed E-state index contributed by atoms with van der Waals surface area (Å²) >= 11 is 0. The van der Waals surface area contributed by atoms with E-state index in [9.17, 15) is 9.59 Å². The van der Waals surface area contributed by atoms with E-state index in [0.717, 1.165) is 5.56 Å². The van der Waals surface area contributed by atoms with Crippen molar-refractivity contribution in [1.82, 2.24) is 10.2 Å². The second kappa shape index (κ2) is 5.96. The van der Waals surface area contributed by atoms with Gasteiger partial charge in [0.1, 0.15) is 5.54 Å². The Balaban J connectivity index is 2.43. The summed E-state index contributed by atoms with van der Waals surface area (Å²) in [4.78, 5) is 26.5. The molecule has 5 nitrogen and oxygen atoms in total. The number of imide groups is 1. The average Bonchev–Trinajstić information content (AvgIpc) is 2.77. The van der Waals surface area contributed by atoms with Crippen LogP contribution in [0.4, 0.5) is 4.79 Å². The van der Waals surface area contributed by atoms with Gasteiger partial charge in [0.2, 0.25) is 0 Å². The number of carbonyl (C=O) groups is 2. The van der Waals surface area contributed by atoms with Gasteiger partial charge in [-0.1, -0.05) is 52.0 Å². The smallest absolute Gasteiger partial charge is 0.325 e. The predicted molar refractivity (Wildman–Crippen MR) is 91.0 cm³/mol. The van der Waals surface area contributed by atoms with Crippen LogP contribution < -0.4 is 11.1 Å². The third-order valence-electron chi connectivity index (χ3n) is 4.68. The highest BCUT2D eigenvalue weighted by Crippen LogP contribution is 2.34. The molecule has 1 aromatic carbocycles. The number of benzene rings is 1. The molecule has 3 amide bonds.